The molecule has 7 nitrogen and oxygen atoms in total. The summed E-state index contributed by atoms with van der Waals surface area (Å²) in [6.45, 7) is 0. The average Bonchev–Trinajstić information content (AvgIpc) is 2.47. The van der Waals surface area contributed by atoms with Crippen LogP contribution in [0.4, 0.5) is 5.69 Å². The Hall–Kier alpha value is -1.99. The molecule has 1 aliphatic heterocycles. The van der Waals surface area contributed by atoms with Gasteiger partial charge in [0.2, 0.25) is 0 Å². The summed E-state index contributed by atoms with van der Waals surface area (Å²) < 4.78 is 0. The lowest BCUT2D eigenvalue weighted by molar-refractivity contribution is -0.551. The SMILES string of the molecule is O=CC1=Nc2c(Cl)cccc2C2(CCCC(O)C2[N+](=O)[O-])N1. The molecule has 3 unspecified atom stereocenters. The van der Waals surface area contributed by atoms with E-state index < -0.39 is 22.6 Å². The van der Waals surface area contributed by atoms with Crippen LogP contribution in [-0.2, 0) is 10.3 Å². The van der Waals surface area contributed by atoms with E-state index in [-0.39, 0.29) is 5.84 Å². The van der Waals surface area contributed by atoms with E-state index in [9.17, 15) is 20.0 Å². The fourth-order valence-electron chi connectivity index (χ4n) is 3.46. The molecule has 1 saturated carbocycles. The van der Waals surface area contributed by atoms with Crippen LogP contribution in [0.15, 0.2) is 23.2 Å². The van der Waals surface area contributed by atoms with Gasteiger partial charge in [-0.05, 0) is 25.3 Å². The highest BCUT2D eigenvalue weighted by molar-refractivity contribution is 6.34. The summed E-state index contributed by atoms with van der Waals surface area (Å²) in [6.07, 6.45) is 0.755. The predicted octanol–water partition coefficient (Wildman–Crippen LogP) is 1.56. The van der Waals surface area contributed by atoms with Crippen LogP contribution in [-0.4, -0.2) is 34.3 Å². The number of carbonyl (C=O) groups excluding carboxylic acids is 1. The maximum Gasteiger partial charge on any atom is 0.265 e. The molecule has 1 aliphatic carbocycles. The van der Waals surface area contributed by atoms with Crippen LogP contribution in [0.5, 0.6) is 0 Å². The van der Waals surface area contributed by atoms with E-state index in [2.05, 4.69) is 10.3 Å². The number of aliphatic hydroxyl groups is 1. The maximum absolute atomic E-state index is 11.6. The van der Waals surface area contributed by atoms with E-state index in [0.29, 0.717) is 41.8 Å². The zero-order chi connectivity index (χ0) is 15.9. The van der Waals surface area contributed by atoms with Crippen LogP contribution >= 0.6 is 11.6 Å². The number of amidine groups is 1. The van der Waals surface area contributed by atoms with Crippen LogP contribution in [0.25, 0.3) is 0 Å². The Bertz CT molecular complexity index is 678. The topological polar surface area (TPSA) is 105 Å². The number of fused-ring (bicyclic) bond motifs is 2. The van der Waals surface area contributed by atoms with Crippen LogP contribution in [0.2, 0.25) is 5.02 Å². The highest BCUT2D eigenvalue weighted by atomic mass is 35.5. The van der Waals surface area contributed by atoms with Gasteiger partial charge in [-0.1, -0.05) is 23.7 Å². The number of para-hydroxylation sites is 1. The van der Waals surface area contributed by atoms with Crippen LogP contribution in [0.3, 0.4) is 0 Å². The molecule has 1 aromatic rings. The normalized spacial score (nSPS) is 30.2. The second-order valence-corrected chi connectivity index (χ2v) is 5.94. The molecule has 3 rings (SSSR count). The number of halogens is 1. The third-order valence-electron chi connectivity index (χ3n) is 4.33. The number of hydrogen-bond donors (Lipinski definition) is 2. The van der Waals surface area contributed by atoms with Gasteiger partial charge in [0.1, 0.15) is 11.6 Å². The van der Waals surface area contributed by atoms with E-state index in [1.807, 2.05) is 0 Å². The first-order chi connectivity index (χ1) is 10.5. The summed E-state index contributed by atoms with van der Waals surface area (Å²) in [7, 11) is 0. The molecule has 116 valence electrons. The molecule has 0 saturated heterocycles. The highest BCUT2D eigenvalue weighted by Crippen LogP contribution is 2.46. The summed E-state index contributed by atoms with van der Waals surface area (Å²) in [6, 6.07) is 3.73. The number of aliphatic imine (C=N–C) groups is 1. The minimum Gasteiger partial charge on any atom is -0.386 e. The fourth-order valence-corrected chi connectivity index (χ4v) is 3.68. The van der Waals surface area contributed by atoms with Crippen molar-refractivity contribution in [1.82, 2.24) is 5.32 Å². The minimum absolute atomic E-state index is 0.0125. The first kappa shape index (κ1) is 14.9. The Kier molecular flexibility index (Phi) is 3.62. The van der Waals surface area contributed by atoms with Crippen molar-refractivity contribution in [3.63, 3.8) is 0 Å². The summed E-state index contributed by atoms with van der Waals surface area (Å²) in [5.74, 6) is -0.0125. The lowest BCUT2D eigenvalue weighted by atomic mass is 9.70. The van der Waals surface area contributed by atoms with E-state index >= 15 is 0 Å². The van der Waals surface area contributed by atoms with Crippen molar-refractivity contribution in [3.8, 4) is 0 Å². The second-order valence-electron chi connectivity index (χ2n) is 5.54. The molecule has 2 N–H and O–H groups in total. The van der Waals surface area contributed by atoms with E-state index in [1.54, 1.807) is 18.2 Å². The van der Waals surface area contributed by atoms with Crippen molar-refractivity contribution in [2.45, 2.75) is 36.9 Å². The van der Waals surface area contributed by atoms with Gasteiger partial charge in [-0.3, -0.25) is 14.9 Å². The fraction of sp³-hybridized carbons (Fsp3) is 0.429. The van der Waals surface area contributed by atoms with Crippen molar-refractivity contribution in [3.05, 3.63) is 38.9 Å². The third-order valence-corrected chi connectivity index (χ3v) is 4.63. The summed E-state index contributed by atoms with van der Waals surface area (Å²) >= 11 is 6.15. The lowest BCUT2D eigenvalue weighted by Crippen LogP contribution is -2.64. The average molecular weight is 324 g/mol. The van der Waals surface area contributed by atoms with E-state index in [4.69, 9.17) is 11.6 Å². The lowest BCUT2D eigenvalue weighted by Gasteiger charge is -2.44. The Morgan fingerprint density at radius 1 is 1.55 bits per heavy atom. The van der Waals surface area contributed by atoms with Crippen molar-refractivity contribution in [2.24, 2.45) is 4.99 Å². The number of aldehydes is 1. The molecule has 1 heterocycles. The summed E-state index contributed by atoms with van der Waals surface area (Å²) in [5, 5.41) is 24.9. The molecule has 0 aromatic heterocycles. The van der Waals surface area contributed by atoms with Gasteiger partial charge < -0.3 is 10.4 Å². The Labute approximate surface area is 131 Å². The highest BCUT2D eigenvalue weighted by Gasteiger charge is 2.57. The van der Waals surface area contributed by atoms with Crippen LogP contribution in [0.1, 0.15) is 24.8 Å². The molecule has 0 radical (unpaired) electrons. The third kappa shape index (κ3) is 2.08. The van der Waals surface area contributed by atoms with Gasteiger partial charge in [0.05, 0.1) is 10.7 Å². The Balaban J connectivity index is 2.25. The molecule has 22 heavy (non-hydrogen) atoms. The van der Waals surface area contributed by atoms with Gasteiger partial charge in [0, 0.05) is 10.5 Å². The Morgan fingerprint density at radius 2 is 2.32 bits per heavy atom. The molecule has 0 bridgehead atoms. The summed E-state index contributed by atoms with van der Waals surface area (Å²) in [4.78, 5) is 26.4. The van der Waals surface area contributed by atoms with Crippen molar-refractivity contribution < 1.29 is 14.8 Å². The molecule has 3 atom stereocenters. The van der Waals surface area contributed by atoms with Gasteiger partial charge >= 0.3 is 0 Å². The second kappa shape index (κ2) is 5.33. The molecule has 1 aromatic carbocycles. The van der Waals surface area contributed by atoms with Gasteiger partial charge in [0.15, 0.2) is 12.1 Å². The molecular formula is C14H14ClN3O4. The maximum atomic E-state index is 11.6. The van der Waals surface area contributed by atoms with Gasteiger partial charge in [-0.2, -0.15) is 0 Å². The van der Waals surface area contributed by atoms with Crippen molar-refractivity contribution >= 4 is 29.4 Å². The zero-order valence-corrected chi connectivity index (χ0v) is 12.3. The van der Waals surface area contributed by atoms with Crippen LogP contribution in [0, 0.1) is 10.1 Å². The van der Waals surface area contributed by atoms with E-state index in [1.165, 1.54) is 0 Å². The molecule has 2 aliphatic rings. The molecule has 0 amide bonds. The quantitative estimate of drug-likeness (QED) is 0.488. The number of aliphatic hydroxyl groups excluding tert-OH is 1. The van der Waals surface area contributed by atoms with Crippen molar-refractivity contribution in [1.29, 1.82) is 0 Å². The number of nitro groups is 1. The van der Waals surface area contributed by atoms with Crippen molar-refractivity contribution in [2.75, 3.05) is 0 Å². The smallest absolute Gasteiger partial charge is 0.265 e. The van der Waals surface area contributed by atoms with Crippen LogP contribution < -0.4 is 5.32 Å². The number of nitrogens with one attached hydrogen (secondary N) is 1. The summed E-state index contributed by atoms with van der Waals surface area (Å²) in [5.41, 5.74) is -0.281. The molecule has 1 fully saturated rings. The van der Waals surface area contributed by atoms with Gasteiger partial charge in [-0.15, -0.1) is 0 Å². The Morgan fingerprint density at radius 3 is 3.00 bits per heavy atom. The van der Waals surface area contributed by atoms with Gasteiger partial charge in [-0.25, -0.2) is 4.99 Å². The molecule has 1 spiro atoms. The number of benzene rings is 1. The zero-order valence-electron chi connectivity index (χ0n) is 11.5. The predicted molar refractivity (Wildman–Crippen MR) is 80.1 cm³/mol. The first-order valence-corrected chi connectivity index (χ1v) is 7.30. The number of hydrogen-bond acceptors (Lipinski definition) is 6. The number of carbonyl (C=O) groups is 1. The number of rotatable bonds is 2. The standard InChI is InChI=1S/C14H14ClN3O4/c15-9-4-1-3-8-12(9)16-11(7-19)17-14(8)6-2-5-10(20)13(14)18(21)22/h1,3-4,7,10,13,20H,2,5-6H2,(H,16,17). The number of nitrogens with zero attached hydrogens (tertiary/aromatic N) is 2. The van der Waals surface area contributed by atoms with Gasteiger partial charge in [0.25, 0.3) is 6.04 Å². The first-order valence-electron chi connectivity index (χ1n) is 6.92. The monoisotopic (exact) mass is 323 g/mol. The minimum atomic E-state index is -1.27. The van der Waals surface area contributed by atoms with E-state index in [0.717, 1.165) is 0 Å². The largest absolute Gasteiger partial charge is 0.386 e. The molecular weight excluding hydrogens is 310 g/mol. The molecule has 8 heteroatoms.